The van der Waals surface area contributed by atoms with E-state index < -0.39 is 0 Å². The zero-order valence-electron chi connectivity index (χ0n) is 7.83. The smallest absolute Gasteiger partial charge is 0.257 e. The molecular formula is C11H9ClN2O. The summed E-state index contributed by atoms with van der Waals surface area (Å²) < 4.78 is 0. The van der Waals surface area contributed by atoms with Crippen LogP contribution in [0.1, 0.15) is 10.4 Å². The number of para-hydroxylation sites is 1. The summed E-state index contributed by atoms with van der Waals surface area (Å²) in [4.78, 5) is 14.5. The van der Waals surface area contributed by atoms with Crippen LogP contribution in [0.15, 0.2) is 42.7 Å². The molecule has 0 aliphatic heterocycles. The molecule has 0 radical (unpaired) electrons. The zero-order valence-corrected chi connectivity index (χ0v) is 8.58. The lowest BCUT2D eigenvalue weighted by Crippen LogP contribution is -2.11. The van der Waals surface area contributed by atoms with Crippen molar-refractivity contribution in [1.82, 2.24) is 4.98 Å². The Morgan fingerprint density at radius 3 is 2.73 bits per heavy atom. The van der Waals surface area contributed by atoms with Gasteiger partial charge < -0.3 is 10.3 Å². The molecule has 76 valence electrons. The van der Waals surface area contributed by atoms with Crippen molar-refractivity contribution in [2.24, 2.45) is 0 Å². The third kappa shape index (κ3) is 2.19. The topological polar surface area (TPSA) is 44.9 Å². The molecule has 1 aromatic carbocycles. The van der Waals surface area contributed by atoms with Crippen LogP contribution in [-0.4, -0.2) is 10.9 Å². The van der Waals surface area contributed by atoms with Crippen molar-refractivity contribution in [3.05, 3.63) is 53.3 Å². The minimum atomic E-state index is -0.177. The zero-order chi connectivity index (χ0) is 10.7. The highest BCUT2D eigenvalue weighted by atomic mass is 35.5. The van der Waals surface area contributed by atoms with Crippen LogP contribution < -0.4 is 5.32 Å². The quantitative estimate of drug-likeness (QED) is 0.803. The number of nitrogens with one attached hydrogen (secondary N) is 2. The molecule has 3 nitrogen and oxygen atoms in total. The van der Waals surface area contributed by atoms with Crippen molar-refractivity contribution in [1.29, 1.82) is 0 Å². The highest BCUT2D eigenvalue weighted by molar-refractivity contribution is 6.33. The van der Waals surface area contributed by atoms with Crippen LogP contribution in [0.2, 0.25) is 5.02 Å². The fraction of sp³-hybridized carbons (Fsp3) is 0. The summed E-state index contributed by atoms with van der Waals surface area (Å²) in [6.07, 6.45) is 3.33. The van der Waals surface area contributed by atoms with Gasteiger partial charge in [0.2, 0.25) is 0 Å². The van der Waals surface area contributed by atoms with E-state index in [1.165, 1.54) is 0 Å². The molecule has 1 amide bonds. The van der Waals surface area contributed by atoms with E-state index in [4.69, 9.17) is 11.6 Å². The Labute approximate surface area is 92.1 Å². The van der Waals surface area contributed by atoms with Gasteiger partial charge in [0.15, 0.2) is 0 Å². The number of halogens is 1. The standard InChI is InChI=1S/C11H9ClN2O/c12-9-3-1-2-4-10(9)14-11(15)8-5-6-13-7-8/h1-7,13H,(H,14,15). The molecule has 0 saturated heterocycles. The van der Waals surface area contributed by atoms with E-state index in [9.17, 15) is 4.79 Å². The molecule has 0 atom stereocenters. The first kappa shape index (κ1) is 9.80. The average Bonchev–Trinajstić information content (AvgIpc) is 2.74. The second kappa shape index (κ2) is 4.19. The SMILES string of the molecule is O=C(Nc1ccccc1Cl)c1cc[nH]c1. The summed E-state index contributed by atoms with van der Waals surface area (Å²) >= 11 is 5.91. The number of H-pyrrole nitrogens is 1. The van der Waals surface area contributed by atoms with Crippen LogP contribution in [-0.2, 0) is 0 Å². The third-order valence-corrected chi connectivity index (χ3v) is 2.31. The molecule has 1 aromatic heterocycles. The molecule has 2 rings (SSSR count). The summed E-state index contributed by atoms with van der Waals surface area (Å²) in [5, 5.41) is 3.25. The molecule has 0 spiro atoms. The summed E-state index contributed by atoms with van der Waals surface area (Å²) in [7, 11) is 0. The van der Waals surface area contributed by atoms with Gasteiger partial charge in [-0.1, -0.05) is 23.7 Å². The first-order valence-electron chi connectivity index (χ1n) is 4.46. The number of anilines is 1. The molecule has 0 saturated carbocycles. The molecule has 15 heavy (non-hydrogen) atoms. The lowest BCUT2D eigenvalue weighted by Gasteiger charge is -2.04. The van der Waals surface area contributed by atoms with E-state index in [1.54, 1.807) is 30.6 Å². The second-order valence-corrected chi connectivity index (χ2v) is 3.44. The average molecular weight is 221 g/mol. The van der Waals surface area contributed by atoms with Crippen LogP contribution in [0.4, 0.5) is 5.69 Å². The molecule has 0 bridgehead atoms. The van der Waals surface area contributed by atoms with Gasteiger partial charge in [0.05, 0.1) is 16.3 Å². The number of benzene rings is 1. The van der Waals surface area contributed by atoms with E-state index in [0.29, 0.717) is 16.3 Å². The molecule has 1 heterocycles. The van der Waals surface area contributed by atoms with Crippen molar-refractivity contribution >= 4 is 23.2 Å². The Bertz CT molecular complexity index is 465. The Morgan fingerprint density at radius 1 is 1.27 bits per heavy atom. The summed E-state index contributed by atoms with van der Waals surface area (Å²) in [5.74, 6) is -0.177. The van der Waals surface area contributed by atoms with Gasteiger partial charge in [-0.2, -0.15) is 0 Å². The minimum absolute atomic E-state index is 0.177. The summed E-state index contributed by atoms with van der Waals surface area (Å²) in [6.45, 7) is 0. The number of amides is 1. The fourth-order valence-corrected chi connectivity index (χ4v) is 1.41. The van der Waals surface area contributed by atoms with Gasteiger partial charge in [0.25, 0.3) is 5.91 Å². The van der Waals surface area contributed by atoms with Crippen molar-refractivity contribution in [3.63, 3.8) is 0 Å². The van der Waals surface area contributed by atoms with Gasteiger partial charge in [-0.15, -0.1) is 0 Å². The van der Waals surface area contributed by atoms with Crippen molar-refractivity contribution < 1.29 is 4.79 Å². The monoisotopic (exact) mass is 220 g/mol. The van der Waals surface area contributed by atoms with E-state index in [-0.39, 0.29) is 5.91 Å². The molecular weight excluding hydrogens is 212 g/mol. The van der Waals surface area contributed by atoms with Crippen molar-refractivity contribution in [3.8, 4) is 0 Å². The predicted molar refractivity (Wildman–Crippen MR) is 60.2 cm³/mol. The van der Waals surface area contributed by atoms with Gasteiger partial charge in [-0.05, 0) is 18.2 Å². The minimum Gasteiger partial charge on any atom is -0.367 e. The molecule has 2 N–H and O–H groups in total. The summed E-state index contributed by atoms with van der Waals surface area (Å²) in [6, 6.07) is 8.82. The van der Waals surface area contributed by atoms with E-state index in [1.807, 2.05) is 12.1 Å². The first-order valence-corrected chi connectivity index (χ1v) is 4.84. The highest BCUT2D eigenvalue weighted by Crippen LogP contribution is 2.20. The number of carbonyl (C=O) groups is 1. The maximum atomic E-state index is 11.6. The number of aromatic nitrogens is 1. The second-order valence-electron chi connectivity index (χ2n) is 3.03. The molecule has 0 aliphatic rings. The van der Waals surface area contributed by atoms with E-state index in [2.05, 4.69) is 10.3 Å². The summed E-state index contributed by atoms with van der Waals surface area (Å²) in [5.41, 5.74) is 1.19. The largest absolute Gasteiger partial charge is 0.367 e. The van der Waals surface area contributed by atoms with Crippen LogP contribution in [0, 0.1) is 0 Å². The Balaban J connectivity index is 2.17. The first-order chi connectivity index (χ1) is 7.27. The van der Waals surface area contributed by atoms with Crippen LogP contribution in [0.25, 0.3) is 0 Å². The van der Waals surface area contributed by atoms with Gasteiger partial charge in [0, 0.05) is 12.4 Å². The Kier molecular flexibility index (Phi) is 2.74. The van der Waals surface area contributed by atoms with Gasteiger partial charge in [-0.3, -0.25) is 4.79 Å². The molecule has 0 aliphatic carbocycles. The highest BCUT2D eigenvalue weighted by Gasteiger charge is 2.07. The lowest BCUT2D eigenvalue weighted by molar-refractivity contribution is 0.102. The van der Waals surface area contributed by atoms with Crippen LogP contribution in [0.3, 0.4) is 0 Å². The van der Waals surface area contributed by atoms with Crippen molar-refractivity contribution in [2.75, 3.05) is 5.32 Å². The molecule has 4 heteroatoms. The van der Waals surface area contributed by atoms with Crippen LogP contribution >= 0.6 is 11.6 Å². The Hall–Kier alpha value is -1.74. The number of carbonyl (C=O) groups excluding carboxylic acids is 1. The van der Waals surface area contributed by atoms with E-state index >= 15 is 0 Å². The fourth-order valence-electron chi connectivity index (χ4n) is 1.22. The number of rotatable bonds is 2. The van der Waals surface area contributed by atoms with E-state index in [0.717, 1.165) is 0 Å². The van der Waals surface area contributed by atoms with Gasteiger partial charge in [0.1, 0.15) is 0 Å². The number of hydrogen-bond acceptors (Lipinski definition) is 1. The van der Waals surface area contributed by atoms with Crippen molar-refractivity contribution in [2.45, 2.75) is 0 Å². The lowest BCUT2D eigenvalue weighted by atomic mass is 10.3. The predicted octanol–water partition coefficient (Wildman–Crippen LogP) is 2.92. The van der Waals surface area contributed by atoms with Gasteiger partial charge in [-0.25, -0.2) is 0 Å². The maximum Gasteiger partial charge on any atom is 0.257 e. The third-order valence-electron chi connectivity index (χ3n) is 1.98. The van der Waals surface area contributed by atoms with Gasteiger partial charge >= 0.3 is 0 Å². The number of hydrogen-bond donors (Lipinski definition) is 2. The van der Waals surface area contributed by atoms with Crippen LogP contribution in [0.5, 0.6) is 0 Å². The molecule has 0 unspecified atom stereocenters. The molecule has 2 aromatic rings. The maximum absolute atomic E-state index is 11.6. The number of aromatic amines is 1. The molecule has 0 fully saturated rings. The Morgan fingerprint density at radius 2 is 2.07 bits per heavy atom. The normalized spacial score (nSPS) is 9.93.